The Kier molecular flexibility index (Phi) is 10.3. The van der Waals surface area contributed by atoms with Crippen molar-refractivity contribution in [2.75, 3.05) is 24.6 Å². The van der Waals surface area contributed by atoms with Gasteiger partial charge < -0.3 is 10.6 Å². The molecular formula is C13H28N2O2S. The number of carbonyl (C=O) groups is 1. The van der Waals surface area contributed by atoms with Crippen molar-refractivity contribution < 1.29 is 9.00 Å². The smallest absolute Gasteiger partial charge is 0.220 e. The summed E-state index contributed by atoms with van der Waals surface area (Å²) in [6.45, 7) is 9.85. The van der Waals surface area contributed by atoms with Gasteiger partial charge in [-0.2, -0.15) is 0 Å². The standard InChI is InChI=1S/C13H28N2O2S/c1-11(2)5-7-15-13(16)6-9-18(17)10-8-14-12(3)4/h11-12,14H,5-10H2,1-4H3,(H,15,16). The van der Waals surface area contributed by atoms with E-state index in [0.29, 0.717) is 29.9 Å². The first-order chi connectivity index (χ1) is 8.41. The van der Waals surface area contributed by atoms with Gasteiger partial charge in [-0.25, -0.2) is 0 Å². The lowest BCUT2D eigenvalue weighted by Crippen LogP contribution is -2.29. The Labute approximate surface area is 114 Å². The molecule has 0 radical (unpaired) electrons. The molecule has 0 aliphatic carbocycles. The maximum absolute atomic E-state index is 11.6. The molecule has 0 aliphatic rings. The van der Waals surface area contributed by atoms with Gasteiger partial charge in [-0.1, -0.05) is 27.7 Å². The monoisotopic (exact) mass is 276 g/mol. The predicted octanol–water partition coefficient (Wildman–Crippen LogP) is 1.29. The molecule has 0 aliphatic heterocycles. The maximum atomic E-state index is 11.6. The highest BCUT2D eigenvalue weighted by atomic mass is 32.2. The number of rotatable bonds is 10. The zero-order valence-corrected chi connectivity index (χ0v) is 12.9. The summed E-state index contributed by atoms with van der Waals surface area (Å²) in [4.78, 5) is 11.4. The molecule has 0 aromatic heterocycles. The summed E-state index contributed by atoms with van der Waals surface area (Å²) >= 11 is 0. The van der Waals surface area contributed by atoms with Crippen molar-refractivity contribution in [1.29, 1.82) is 0 Å². The molecule has 0 spiro atoms. The first-order valence-corrected chi connectivity index (χ1v) is 8.25. The third-order valence-electron chi connectivity index (χ3n) is 2.48. The van der Waals surface area contributed by atoms with Gasteiger partial charge in [0.05, 0.1) is 0 Å². The van der Waals surface area contributed by atoms with Crippen LogP contribution in [-0.2, 0) is 15.6 Å². The second-order valence-electron chi connectivity index (χ2n) is 5.24. The highest BCUT2D eigenvalue weighted by Crippen LogP contribution is 1.96. The minimum atomic E-state index is -0.895. The molecular weight excluding hydrogens is 248 g/mol. The Morgan fingerprint density at radius 1 is 1.11 bits per heavy atom. The van der Waals surface area contributed by atoms with Gasteiger partial charge >= 0.3 is 0 Å². The van der Waals surface area contributed by atoms with Crippen molar-refractivity contribution >= 4 is 16.7 Å². The molecule has 1 unspecified atom stereocenters. The molecule has 0 heterocycles. The van der Waals surface area contributed by atoms with Crippen molar-refractivity contribution in [2.45, 2.75) is 46.6 Å². The average molecular weight is 276 g/mol. The van der Waals surface area contributed by atoms with Gasteiger partial charge in [0, 0.05) is 47.9 Å². The maximum Gasteiger partial charge on any atom is 0.220 e. The van der Waals surface area contributed by atoms with Gasteiger partial charge in [-0.3, -0.25) is 9.00 Å². The van der Waals surface area contributed by atoms with Crippen LogP contribution < -0.4 is 10.6 Å². The molecule has 1 amide bonds. The lowest BCUT2D eigenvalue weighted by molar-refractivity contribution is -0.120. The van der Waals surface area contributed by atoms with E-state index in [0.717, 1.165) is 19.5 Å². The Bertz CT molecular complexity index is 229. The van der Waals surface area contributed by atoms with Gasteiger partial charge in [0.1, 0.15) is 0 Å². The Morgan fingerprint density at radius 3 is 2.33 bits per heavy atom. The predicted molar refractivity (Wildman–Crippen MR) is 78.1 cm³/mol. The number of amides is 1. The van der Waals surface area contributed by atoms with Crippen LogP contribution in [0.5, 0.6) is 0 Å². The number of carbonyl (C=O) groups excluding carboxylic acids is 1. The average Bonchev–Trinajstić information content (AvgIpc) is 2.25. The highest BCUT2D eigenvalue weighted by molar-refractivity contribution is 7.85. The van der Waals surface area contributed by atoms with Crippen LogP contribution in [0.4, 0.5) is 0 Å². The lowest BCUT2D eigenvalue weighted by atomic mass is 10.1. The van der Waals surface area contributed by atoms with E-state index >= 15 is 0 Å². The van der Waals surface area contributed by atoms with Gasteiger partial charge in [-0.05, 0) is 12.3 Å². The highest BCUT2D eigenvalue weighted by Gasteiger charge is 2.06. The molecule has 5 heteroatoms. The molecule has 2 N–H and O–H groups in total. The van der Waals surface area contributed by atoms with Crippen molar-refractivity contribution in [3.05, 3.63) is 0 Å². The third kappa shape index (κ3) is 12.0. The zero-order chi connectivity index (χ0) is 14.0. The van der Waals surface area contributed by atoms with Crippen LogP contribution in [0.25, 0.3) is 0 Å². The Morgan fingerprint density at radius 2 is 1.78 bits per heavy atom. The summed E-state index contributed by atoms with van der Waals surface area (Å²) in [6.07, 6.45) is 1.36. The summed E-state index contributed by atoms with van der Waals surface area (Å²) in [5, 5.41) is 6.07. The molecule has 1 atom stereocenters. The van der Waals surface area contributed by atoms with E-state index in [9.17, 15) is 9.00 Å². The molecule has 0 fully saturated rings. The fraction of sp³-hybridized carbons (Fsp3) is 0.923. The molecule has 18 heavy (non-hydrogen) atoms. The number of hydrogen-bond donors (Lipinski definition) is 2. The summed E-state index contributed by atoms with van der Waals surface area (Å²) in [5.41, 5.74) is 0. The van der Waals surface area contributed by atoms with Crippen LogP contribution in [0.1, 0.15) is 40.5 Å². The SMILES string of the molecule is CC(C)CCNC(=O)CCS(=O)CCNC(C)C. The molecule has 108 valence electrons. The second kappa shape index (κ2) is 10.5. The van der Waals surface area contributed by atoms with Crippen LogP contribution in [0.15, 0.2) is 0 Å². The zero-order valence-electron chi connectivity index (χ0n) is 12.1. The van der Waals surface area contributed by atoms with Crippen molar-refractivity contribution in [2.24, 2.45) is 5.92 Å². The minimum absolute atomic E-state index is 0.0146. The van der Waals surface area contributed by atoms with E-state index in [2.05, 4.69) is 38.3 Å². The minimum Gasteiger partial charge on any atom is -0.356 e. The van der Waals surface area contributed by atoms with Crippen LogP contribution in [0, 0.1) is 5.92 Å². The number of nitrogens with one attached hydrogen (secondary N) is 2. The molecule has 0 bridgehead atoms. The summed E-state index contributed by atoms with van der Waals surface area (Å²) in [7, 11) is -0.895. The van der Waals surface area contributed by atoms with Crippen LogP contribution in [0.2, 0.25) is 0 Å². The van der Waals surface area contributed by atoms with Crippen molar-refractivity contribution in [3.8, 4) is 0 Å². The number of hydrogen-bond acceptors (Lipinski definition) is 3. The second-order valence-corrected chi connectivity index (χ2v) is 6.94. The molecule has 0 rings (SSSR count). The van der Waals surface area contributed by atoms with Crippen LogP contribution >= 0.6 is 0 Å². The molecule has 0 aromatic carbocycles. The van der Waals surface area contributed by atoms with E-state index in [1.807, 2.05) is 0 Å². The molecule has 0 saturated heterocycles. The Balaban J connectivity index is 3.50. The topological polar surface area (TPSA) is 58.2 Å². The largest absolute Gasteiger partial charge is 0.356 e. The normalized spacial score (nSPS) is 13.0. The van der Waals surface area contributed by atoms with Crippen molar-refractivity contribution in [1.82, 2.24) is 10.6 Å². The summed E-state index contributed by atoms with van der Waals surface area (Å²) in [5.74, 6) is 1.70. The first-order valence-electron chi connectivity index (χ1n) is 6.77. The fourth-order valence-corrected chi connectivity index (χ4v) is 2.32. The first kappa shape index (κ1) is 17.6. The summed E-state index contributed by atoms with van der Waals surface area (Å²) in [6, 6.07) is 0.418. The van der Waals surface area contributed by atoms with Gasteiger partial charge in [0.25, 0.3) is 0 Å². The van der Waals surface area contributed by atoms with Crippen LogP contribution in [-0.4, -0.2) is 40.8 Å². The van der Waals surface area contributed by atoms with E-state index < -0.39 is 10.8 Å². The van der Waals surface area contributed by atoms with E-state index in [-0.39, 0.29) is 5.91 Å². The molecule has 4 nitrogen and oxygen atoms in total. The summed E-state index contributed by atoms with van der Waals surface area (Å²) < 4.78 is 11.6. The van der Waals surface area contributed by atoms with Gasteiger partial charge in [-0.15, -0.1) is 0 Å². The van der Waals surface area contributed by atoms with E-state index in [1.165, 1.54) is 0 Å². The van der Waals surface area contributed by atoms with Gasteiger partial charge in [0.2, 0.25) is 5.91 Å². The molecule has 0 aromatic rings. The fourth-order valence-electron chi connectivity index (χ4n) is 1.36. The third-order valence-corrected chi connectivity index (χ3v) is 3.80. The lowest BCUT2D eigenvalue weighted by Gasteiger charge is -2.08. The quantitative estimate of drug-likeness (QED) is 0.632. The van der Waals surface area contributed by atoms with E-state index in [4.69, 9.17) is 0 Å². The molecule has 0 saturated carbocycles. The Hall–Kier alpha value is -0.420. The van der Waals surface area contributed by atoms with Crippen molar-refractivity contribution in [3.63, 3.8) is 0 Å². The van der Waals surface area contributed by atoms with Gasteiger partial charge in [0.15, 0.2) is 0 Å². The van der Waals surface area contributed by atoms with E-state index in [1.54, 1.807) is 0 Å². The van der Waals surface area contributed by atoms with Crippen LogP contribution in [0.3, 0.4) is 0 Å².